The van der Waals surface area contributed by atoms with Gasteiger partial charge in [0.05, 0.1) is 43.3 Å². The summed E-state index contributed by atoms with van der Waals surface area (Å²) in [6.07, 6.45) is 3.50. The summed E-state index contributed by atoms with van der Waals surface area (Å²) in [7, 11) is -5.12. The van der Waals surface area contributed by atoms with E-state index < -0.39 is 85.9 Å². The molecular formula is C39H70N9O13P. The van der Waals surface area contributed by atoms with Gasteiger partial charge in [-0.2, -0.15) is 0 Å². The number of carbonyl (C=O) groups excluding carboxylic acids is 6. The predicted molar refractivity (Wildman–Crippen MR) is 225 cm³/mol. The van der Waals surface area contributed by atoms with Gasteiger partial charge >= 0.3 is 7.82 Å². The Labute approximate surface area is 363 Å². The summed E-state index contributed by atoms with van der Waals surface area (Å²) >= 11 is 0. The summed E-state index contributed by atoms with van der Waals surface area (Å²) in [5.41, 5.74) is 10.7. The van der Waals surface area contributed by atoms with Crippen molar-refractivity contribution in [2.75, 3.05) is 32.9 Å². The SMILES string of the molecule is CC(C)C[C@H](NC(=O)[C@@H]1CCCN1C(=O)CCOC(C)(C)CCOC(C)(C)C)C(=O)N[C@@H](Cc1cncn1CCCN)C(=O)N[C@@H](CO)C(=O)N[C@H](C(N)=O)[C@@H](C)OP(=O)(O)O. The molecule has 2 rings (SSSR count). The van der Waals surface area contributed by atoms with Gasteiger partial charge in [-0.15, -0.1) is 0 Å². The van der Waals surface area contributed by atoms with E-state index in [9.17, 15) is 48.2 Å². The quantitative estimate of drug-likeness (QED) is 0.0484. The highest BCUT2D eigenvalue weighted by Crippen LogP contribution is 2.38. The van der Waals surface area contributed by atoms with Gasteiger partial charge < -0.3 is 66.6 Å². The van der Waals surface area contributed by atoms with Gasteiger partial charge in [-0.1, -0.05) is 13.8 Å². The molecule has 6 atom stereocenters. The molecule has 0 radical (unpaired) electrons. The largest absolute Gasteiger partial charge is 0.469 e. The van der Waals surface area contributed by atoms with E-state index in [1.165, 1.54) is 17.4 Å². The molecule has 0 aromatic carbocycles. The Morgan fingerprint density at radius 3 is 2.15 bits per heavy atom. The number of ether oxygens (including phenoxy) is 2. The number of imidazole rings is 1. The maximum absolute atomic E-state index is 14.1. The highest BCUT2D eigenvalue weighted by atomic mass is 31.2. The highest BCUT2D eigenvalue weighted by molar-refractivity contribution is 7.46. The zero-order chi connectivity index (χ0) is 47.0. The number of phosphoric ester groups is 1. The fraction of sp³-hybridized carbons (Fsp3) is 0.769. The van der Waals surface area contributed by atoms with Crippen LogP contribution in [-0.2, 0) is 60.3 Å². The third-order valence-electron chi connectivity index (χ3n) is 9.90. The fourth-order valence-electron chi connectivity index (χ4n) is 6.63. The van der Waals surface area contributed by atoms with Gasteiger partial charge in [-0.05, 0) is 86.1 Å². The summed E-state index contributed by atoms with van der Waals surface area (Å²) in [6, 6.07) is -6.98. The summed E-state index contributed by atoms with van der Waals surface area (Å²) in [4.78, 5) is 105. The van der Waals surface area contributed by atoms with Gasteiger partial charge in [-0.3, -0.25) is 33.3 Å². The Morgan fingerprint density at radius 2 is 1.56 bits per heavy atom. The number of likely N-dealkylation sites (tertiary alicyclic amines) is 1. The van der Waals surface area contributed by atoms with Crippen molar-refractivity contribution in [3.05, 3.63) is 18.2 Å². The Balaban J connectivity index is 2.27. The van der Waals surface area contributed by atoms with Crippen LogP contribution in [0, 0.1) is 5.92 Å². The van der Waals surface area contributed by atoms with Crippen molar-refractivity contribution in [3.8, 4) is 0 Å². The van der Waals surface area contributed by atoms with Crippen LogP contribution in [0.4, 0.5) is 0 Å². The first-order valence-corrected chi connectivity index (χ1v) is 22.4. The standard InChI is InChI=1S/C39H70N9O13P/c1-24(2)19-27(44-37(55)30-11-9-16-48(30)31(50)12-17-60-39(7,8)13-18-59-38(4,5)6)34(52)43-28(20-26-21-42-23-47(26)15-10-14-40)35(53)45-29(22-49)36(54)46-32(33(41)51)25(3)61-62(56,57)58/h21,23-25,27-30,32,49H,9-20,22,40H2,1-8H3,(H2,41,51)(H,43,52)(H,44,55)(H,45,53)(H,46,54)(H2,56,57,58)/t25-,27+,28+,29+,30+,32+/m1/s1. The molecule has 0 unspecified atom stereocenters. The summed E-state index contributed by atoms with van der Waals surface area (Å²) in [5.74, 6) is -5.03. The summed E-state index contributed by atoms with van der Waals surface area (Å²) in [6.45, 7) is 15.2. The van der Waals surface area contributed by atoms with Crippen LogP contribution < -0.4 is 32.7 Å². The van der Waals surface area contributed by atoms with Crippen molar-refractivity contribution in [2.45, 2.75) is 154 Å². The molecular weight excluding hydrogens is 833 g/mol. The second-order valence-electron chi connectivity index (χ2n) is 17.4. The summed E-state index contributed by atoms with van der Waals surface area (Å²) < 4.78 is 29.4. The van der Waals surface area contributed by atoms with E-state index in [1.54, 1.807) is 4.57 Å². The maximum atomic E-state index is 14.1. The number of aliphatic hydroxyl groups excluding tert-OH is 1. The molecule has 0 saturated carbocycles. The lowest BCUT2D eigenvalue weighted by atomic mass is 10.0. The van der Waals surface area contributed by atoms with Gasteiger partial charge in [0.1, 0.15) is 30.2 Å². The fourth-order valence-corrected chi connectivity index (χ4v) is 7.19. The zero-order valence-electron chi connectivity index (χ0n) is 37.3. The first kappa shape index (κ1) is 54.1. The second kappa shape index (κ2) is 24.7. The van der Waals surface area contributed by atoms with E-state index in [-0.39, 0.29) is 43.3 Å². The second-order valence-corrected chi connectivity index (χ2v) is 18.6. The molecule has 1 aliphatic rings. The Bertz CT molecular complexity index is 1700. The van der Waals surface area contributed by atoms with Gasteiger partial charge in [0.15, 0.2) is 0 Å². The van der Waals surface area contributed by atoms with Crippen LogP contribution >= 0.6 is 7.82 Å². The number of rotatable bonds is 27. The molecule has 0 aliphatic carbocycles. The summed E-state index contributed by atoms with van der Waals surface area (Å²) in [5, 5.41) is 20.1. The van der Waals surface area contributed by atoms with E-state index in [4.69, 9.17) is 20.9 Å². The molecule has 354 valence electrons. The molecule has 6 amide bonds. The van der Waals surface area contributed by atoms with Gasteiger partial charge in [-0.25, -0.2) is 9.55 Å². The number of aromatic nitrogens is 2. The number of hydrogen-bond donors (Lipinski definition) is 9. The lowest BCUT2D eigenvalue weighted by molar-refractivity contribution is -0.141. The first-order valence-electron chi connectivity index (χ1n) is 20.9. The van der Waals surface area contributed by atoms with Crippen LogP contribution in [0.2, 0.25) is 0 Å². The number of nitrogens with zero attached hydrogens (tertiary/aromatic N) is 3. The van der Waals surface area contributed by atoms with Crippen molar-refractivity contribution >= 4 is 43.3 Å². The number of phosphoric acid groups is 1. The van der Waals surface area contributed by atoms with Crippen molar-refractivity contribution < 1.29 is 62.2 Å². The third-order valence-corrected chi connectivity index (χ3v) is 10.5. The molecule has 0 bridgehead atoms. The number of amides is 6. The number of nitrogens with one attached hydrogen (secondary N) is 4. The molecule has 1 aliphatic heterocycles. The van der Waals surface area contributed by atoms with Gasteiger partial charge in [0.2, 0.25) is 35.4 Å². The van der Waals surface area contributed by atoms with Crippen molar-refractivity contribution in [1.29, 1.82) is 0 Å². The molecule has 23 heteroatoms. The Morgan fingerprint density at radius 1 is 0.935 bits per heavy atom. The molecule has 22 nitrogen and oxygen atoms in total. The van der Waals surface area contributed by atoms with Crippen LogP contribution in [0.3, 0.4) is 0 Å². The van der Waals surface area contributed by atoms with E-state index in [0.29, 0.717) is 57.6 Å². The number of aryl methyl sites for hydroxylation is 1. The maximum Gasteiger partial charge on any atom is 0.469 e. The van der Waals surface area contributed by atoms with E-state index in [1.807, 2.05) is 48.5 Å². The van der Waals surface area contributed by atoms with E-state index >= 15 is 0 Å². The first-order chi connectivity index (χ1) is 28.8. The van der Waals surface area contributed by atoms with Crippen molar-refractivity contribution in [1.82, 2.24) is 35.7 Å². The molecule has 2 heterocycles. The predicted octanol–water partition coefficient (Wildman–Crippen LogP) is -0.883. The molecule has 62 heavy (non-hydrogen) atoms. The minimum atomic E-state index is -5.12. The highest BCUT2D eigenvalue weighted by Gasteiger charge is 2.38. The zero-order valence-corrected chi connectivity index (χ0v) is 38.2. The molecule has 0 spiro atoms. The molecule has 11 N–H and O–H groups in total. The van der Waals surface area contributed by atoms with Crippen molar-refractivity contribution in [3.63, 3.8) is 0 Å². The normalized spacial score (nSPS) is 17.2. The van der Waals surface area contributed by atoms with Crippen molar-refractivity contribution in [2.24, 2.45) is 17.4 Å². The monoisotopic (exact) mass is 903 g/mol. The lowest BCUT2D eigenvalue weighted by Gasteiger charge is -2.30. The average molecular weight is 904 g/mol. The van der Waals surface area contributed by atoms with Crippen LogP contribution in [0.25, 0.3) is 0 Å². The number of hydrogen-bond acceptors (Lipinski definition) is 13. The topological polar surface area (TPSA) is 329 Å². The smallest absolute Gasteiger partial charge is 0.394 e. The Kier molecular flexibility index (Phi) is 21.6. The van der Waals surface area contributed by atoms with Crippen LogP contribution in [0.15, 0.2) is 12.5 Å². The minimum Gasteiger partial charge on any atom is -0.394 e. The lowest BCUT2D eigenvalue weighted by Crippen LogP contribution is -2.61. The van der Waals surface area contributed by atoms with Crippen LogP contribution in [0.1, 0.15) is 99.6 Å². The van der Waals surface area contributed by atoms with Gasteiger partial charge in [0.25, 0.3) is 0 Å². The number of aliphatic hydroxyl groups is 1. The van der Waals surface area contributed by atoms with Crippen LogP contribution in [-0.4, -0.2) is 145 Å². The molecule has 1 saturated heterocycles. The molecule has 1 aromatic rings. The average Bonchev–Trinajstić information content (AvgIpc) is 3.82. The minimum absolute atomic E-state index is 0.0398. The van der Waals surface area contributed by atoms with E-state index in [2.05, 4.69) is 30.8 Å². The Hall–Kier alpha value is -4.02. The molecule has 1 fully saturated rings. The number of primary amides is 1. The number of carbonyl (C=O) groups is 6. The number of nitrogens with two attached hydrogens (primary N) is 2. The van der Waals surface area contributed by atoms with Gasteiger partial charge in [0, 0.05) is 38.0 Å². The molecule has 1 aromatic heterocycles. The van der Waals surface area contributed by atoms with Crippen LogP contribution in [0.5, 0.6) is 0 Å². The third kappa shape index (κ3) is 19.2. The van der Waals surface area contributed by atoms with E-state index in [0.717, 1.165) is 6.92 Å².